The number of aliphatic carboxylic acids is 1. The molecule has 132 valence electrons. The molecule has 0 fully saturated rings. The van der Waals surface area contributed by atoms with Gasteiger partial charge in [0.05, 0.1) is 0 Å². The summed E-state index contributed by atoms with van der Waals surface area (Å²) in [6.07, 6.45) is 0.0250. The number of carbonyl (C=O) groups is 4. The third-order valence-electron chi connectivity index (χ3n) is 2.70. The van der Waals surface area contributed by atoms with E-state index >= 15 is 0 Å². The molecule has 0 aromatic rings. The van der Waals surface area contributed by atoms with Gasteiger partial charge < -0.3 is 21.1 Å². The maximum Gasteiger partial charge on any atom is 0.331 e. The van der Waals surface area contributed by atoms with Crippen LogP contribution in [0.2, 0.25) is 0 Å². The monoisotopic (exact) mass is 329 g/mol. The molecule has 0 saturated heterocycles. The Labute approximate surface area is 136 Å². The SMILES string of the molecule is CC.CNC(=O)/C(CCC(=O)NCCNC(C)=O)=C(/C)C(=O)O. The van der Waals surface area contributed by atoms with Crippen LogP contribution in [-0.2, 0) is 19.2 Å². The molecule has 0 aliphatic heterocycles. The smallest absolute Gasteiger partial charge is 0.331 e. The van der Waals surface area contributed by atoms with Crippen molar-refractivity contribution in [3.63, 3.8) is 0 Å². The van der Waals surface area contributed by atoms with E-state index in [0.29, 0.717) is 6.54 Å². The van der Waals surface area contributed by atoms with Crippen LogP contribution in [0.3, 0.4) is 0 Å². The highest BCUT2D eigenvalue weighted by atomic mass is 16.4. The molecule has 0 aliphatic carbocycles. The zero-order valence-corrected chi connectivity index (χ0v) is 14.4. The predicted octanol–water partition coefficient (Wildman–Crippen LogP) is 0.192. The topological polar surface area (TPSA) is 125 Å². The van der Waals surface area contributed by atoms with Gasteiger partial charge in [-0.2, -0.15) is 0 Å². The van der Waals surface area contributed by atoms with E-state index < -0.39 is 11.9 Å². The lowest BCUT2D eigenvalue weighted by Crippen LogP contribution is -2.33. The molecule has 0 radical (unpaired) electrons. The molecule has 0 saturated carbocycles. The number of carboxylic acids is 1. The average molecular weight is 329 g/mol. The molecule has 0 heterocycles. The lowest BCUT2D eigenvalue weighted by atomic mass is 10.0. The summed E-state index contributed by atoms with van der Waals surface area (Å²) in [6, 6.07) is 0. The molecule has 0 atom stereocenters. The van der Waals surface area contributed by atoms with Gasteiger partial charge in [0, 0.05) is 44.6 Å². The Morgan fingerprint density at radius 2 is 1.43 bits per heavy atom. The molecule has 0 unspecified atom stereocenters. The highest BCUT2D eigenvalue weighted by Gasteiger charge is 2.17. The van der Waals surface area contributed by atoms with Crippen molar-refractivity contribution in [3.8, 4) is 0 Å². The molecule has 0 bridgehead atoms. The second-order valence-electron chi connectivity index (χ2n) is 4.32. The molecule has 4 N–H and O–H groups in total. The summed E-state index contributed by atoms with van der Waals surface area (Å²) < 4.78 is 0. The number of likely N-dealkylation sites (N-methyl/N-ethyl adjacent to an activating group) is 1. The summed E-state index contributed by atoms with van der Waals surface area (Å²) in [6.45, 7) is 7.28. The normalized spacial score (nSPS) is 10.5. The molecule has 8 nitrogen and oxygen atoms in total. The standard InChI is InChI=1S/C13H21N3O5.C2H6/c1-8(13(20)21)10(12(19)14-3)4-5-11(18)16-7-6-15-9(2)17;1-2/h4-7H2,1-3H3,(H,14,19)(H,15,17)(H,16,18)(H,20,21);1-2H3/b10-8-;. The molecule has 0 aromatic carbocycles. The second-order valence-corrected chi connectivity index (χ2v) is 4.32. The summed E-state index contributed by atoms with van der Waals surface area (Å²) in [5.41, 5.74) is -0.0117. The van der Waals surface area contributed by atoms with Crippen LogP contribution in [0.25, 0.3) is 0 Å². The van der Waals surface area contributed by atoms with Gasteiger partial charge in [-0.3, -0.25) is 14.4 Å². The fraction of sp³-hybridized carbons (Fsp3) is 0.600. The van der Waals surface area contributed by atoms with Crippen LogP contribution in [0.15, 0.2) is 11.1 Å². The number of nitrogens with one attached hydrogen (secondary N) is 3. The van der Waals surface area contributed by atoms with Crippen LogP contribution < -0.4 is 16.0 Å². The van der Waals surface area contributed by atoms with Crippen molar-refractivity contribution in [1.82, 2.24) is 16.0 Å². The van der Waals surface area contributed by atoms with Gasteiger partial charge in [-0.25, -0.2) is 4.79 Å². The van der Waals surface area contributed by atoms with E-state index in [0.717, 1.165) is 0 Å². The Bertz CT molecular complexity index is 458. The summed E-state index contributed by atoms with van der Waals surface area (Å²) in [5, 5.41) is 16.3. The molecule has 0 aromatic heterocycles. The Kier molecular flexibility index (Phi) is 13.2. The van der Waals surface area contributed by atoms with E-state index in [1.165, 1.54) is 20.9 Å². The number of hydrogen-bond acceptors (Lipinski definition) is 4. The van der Waals surface area contributed by atoms with Crippen LogP contribution in [0.1, 0.15) is 40.5 Å². The Hall–Kier alpha value is -2.38. The Morgan fingerprint density at radius 3 is 1.87 bits per heavy atom. The Balaban J connectivity index is 0. The van der Waals surface area contributed by atoms with Crippen LogP contribution >= 0.6 is 0 Å². The van der Waals surface area contributed by atoms with E-state index in [1.54, 1.807) is 0 Å². The third-order valence-corrected chi connectivity index (χ3v) is 2.70. The van der Waals surface area contributed by atoms with Crippen molar-refractivity contribution in [2.45, 2.75) is 40.5 Å². The molecule has 0 rings (SSSR count). The van der Waals surface area contributed by atoms with Crippen molar-refractivity contribution >= 4 is 23.7 Å². The van der Waals surface area contributed by atoms with E-state index in [9.17, 15) is 19.2 Å². The van der Waals surface area contributed by atoms with E-state index in [1.807, 2.05) is 13.8 Å². The van der Waals surface area contributed by atoms with Gasteiger partial charge in [-0.05, 0) is 13.3 Å². The first-order valence-electron chi connectivity index (χ1n) is 7.45. The van der Waals surface area contributed by atoms with Gasteiger partial charge in [-0.1, -0.05) is 13.8 Å². The zero-order valence-electron chi connectivity index (χ0n) is 14.4. The summed E-state index contributed by atoms with van der Waals surface area (Å²) in [4.78, 5) is 44.7. The number of carboxylic acid groups (broad SMARTS) is 1. The minimum absolute atomic E-state index is 0.00650. The van der Waals surface area contributed by atoms with Gasteiger partial charge in [0.25, 0.3) is 0 Å². The van der Waals surface area contributed by atoms with Crippen molar-refractivity contribution in [2.24, 2.45) is 0 Å². The summed E-state index contributed by atoms with van der Waals surface area (Å²) >= 11 is 0. The largest absolute Gasteiger partial charge is 0.478 e. The molecular formula is C15H27N3O5. The maximum atomic E-state index is 11.6. The number of rotatable bonds is 8. The van der Waals surface area contributed by atoms with Crippen LogP contribution in [-0.4, -0.2) is 48.9 Å². The van der Waals surface area contributed by atoms with Gasteiger partial charge in [0.2, 0.25) is 17.7 Å². The minimum atomic E-state index is -1.19. The lowest BCUT2D eigenvalue weighted by molar-refractivity contribution is -0.133. The number of amides is 3. The van der Waals surface area contributed by atoms with Gasteiger partial charge in [-0.15, -0.1) is 0 Å². The first-order chi connectivity index (χ1) is 10.8. The first kappa shape index (κ1) is 22.9. The number of carbonyl (C=O) groups excluding carboxylic acids is 3. The molecule has 23 heavy (non-hydrogen) atoms. The minimum Gasteiger partial charge on any atom is -0.478 e. The van der Waals surface area contributed by atoms with Gasteiger partial charge in [0.1, 0.15) is 0 Å². The van der Waals surface area contributed by atoms with Crippen LogP contribution in [0, 0.1) is 0 Å². The van der Waals surface area contributed by atoms with Crippen molar-refractivity contribution in [2.75, 3.05) is 20.1 Å². The van der Waals surface area contributed by atoms with E-state index in [2.05, 4.69) is 16.0 Å². The predicted molar refractivity (Wildman–Crippen MR) is 86.7 cm³/mol. The highest BCUT2D eigenvalue weighted by molar-refractivity contribution is 6.02. The van der Waals surface area contributed by atoms with Crippen LogP contribution in [0.4, 0.5) is 0 Å². The third kappa shape index (κ3) is 10.9. The summed E-state index contributed by atoms with van der Waals surface area (Å²) in [7, 11) is 1.39. The fourth-order valence-electron chi connectivity index (χ4n) is 1.52. The van der Waals surface area contributed by atoms with Crippen molar-refractivity contribution in [3.05, 3.63) is 11.1 Å². The molecule has 3 amide bonds. The fourth-order valence-corrected chi connectivity index (χ4v) is 1.52. The van der Waals surface area contributed by atoms with Gasteiger partial charge in [0.15, 0.2) is 0 Å². The quantitative estimate of drug-likeness (QED) is 0.374. The maximum absolute atomic E-state index is 11.6. The first-order valence-corrected chi connectivity index (χ1v) is 7.45. The highest BCUT2D eigenvalue weighted by Crippen LogP contribution is 2.12. The van der Waals surface area contributed by atoms with Crippen molar-refractivity contribution < 1.29 is 24.3 Å². The number of hydrogen-bond donors (Lipinski definition) is 4. The lowest BCUT2D eigenvalue weighted by Gasteiger charge is -2.09. The van der Waals surface area contributed by atoms with Crippen molar-refractivity contribution in [1.29, 1.82) is 0 Å². The van der Waals surface area contributed by atoms with Crippen LogP contribution in [0.5, 0.6) is 0 Å². The second kappa shape index (κ2) is 13.3. The van der Waals surface area contributed by atoms with Gasteiger partial charge >= 0.3 is 5.97 Å². The molecule has 8 heteroatoms. The Morgan fingerprint density at radius 1 is 0.913 bits per heavy atom. The average Bonchev–Trinajstić information content (AvgIpc) is 2.52. The summed E-state index contributed by atoms with van der Waals surface area (Å²) in [5.74, 6) is -2.22. The molecule has 0 spiro atoms. The zero-order chi connectivity index (χ0) is 18.4. The molecule has 0 aliphatic rings. The van der Waals surface area contributed by atoms with E-state index in [4.69, 9.17) is 5.11 Å². The van der Waals surface area contributed by atoms with E-state index in [-0.39, 0.29) is 42.3 Å². The molecular weight excluding hydrogens is 302 g/mol.